The van der Waals surface area contributed by atoms with Crippen molar-refractivity contribution >= 4 is 23.5 Å². The van der Waals surface area contributed by atoms with E-state index in [0.717, 1.165) is 11.7 Å². The second-order valence-corrected chi connectivity index (χ2v) is 12.5. The molecule has 1 nitrogen and oxygen atoms in total. The molecule has 3 aliphatic rings. The van der Waals surface area contributed by atoms with E-state index in [0.29, 0.717) is 10.8 Å². The Morgan fingerprint density at radius 3 is 2.40 bits per heavy atom. The van der Waals surface area contributed by atoms with Gasteiger partial charge < -0.3 is 4.74 Å². The molecule has 0 spiro atoms. The summed E-state index contributed by atoms with van der Waals surface area (Å²) >= 11 is 4.18. The van der Waals surface area contributed by atoms with E-state index in [2.05, 4.69) is 63.4 Å². The highest BCUT2D eigenvalue weighted by Gasteiger charge is 2.50. The number of hydrogen-bond acceptors (Lipinski definition) is 3. The van der Waals surface area contributed by atoms with Crippen LogP contribution in [0.2, 0.25) is 0 Å². The summed E-state index contributed by atoms with van der Waals surface area (Å²) in [6, 6.07) is 4.95. The first-order valence-electron chi connectivity index (χ1n) is 9.80. The molecule has 1 aromatic rings. The summed E-state index contributed by atoms with van der Waals surface area (Å²) in [5.74, 6) is 4.40. The number of methoxy groups -OCH3 is 1. The van der Waals surface area contributed by atoms with Gasteiger partial charge >= 0.3 is 0 Å². The van der Waals surface area contributed by atoms with Gasteiger partial charge in [-0.1, -0.05) is 27.2 Å². The molecule has 1 aliphatic heterocycles. The molecule has 2 atom stereocenters. The molecule has 25 heavy (non-hydrogen) atoms. The van der Waals surface area contributed by atoms with Gasteiger partial charge in [-0.25, -0.2) is 0 Å². The van der Waals surface area contributed by atoms with E-state index in [9.17, 15) is 0 Å². The van der Waals surface area contributed by atoms with Crippen molar-refractivity contribution in [3.8, 4) is 5.75 Å². The number of ether oxygens (including phenoxy) is 1. The van der Waals surface area contributed by atoms with Gasteiger partial charge in [-0.2, -0.15) is 0 Å². The van der Waals surface area contributed by atoms with Crippen molar-refractivity contribution in [2.75, 3.05) is 18.6 Å². The van der Waals surface area contributed by atoms with Gasteiger partial charge in [0, 0.05) is 17.1 Å². The quantitative estimate of drug-likeness (QED) is 0.593. The minimum absolute atomic E-state index is 0.147. The Morgan fingerprint density at radius 1 is 1.00 bits per heavy atom. The molecule has 2 fully saturated rings. The largest absolute Gasteiger partial charge is 0.496 e. The molecular formula is C22H32OS2. The molecule has 0 bridgehead atoms. The van der Waals surface area contributed by atoms with Gasteiger partial charge in [0.25, 0.3) is 0 Å². The summed E-state index contributed by atoms with van der Waals surface area (Å²) in [6.45, 7) is 9.97. The van der Waals surface area contributed by atoms with E-state index < -0.39 is 0 Å². The van der Waals surface area contributed by atoms with Gasteiger partial charge in [0.1, 0.15) is 5.75 Å². The summed E-state index contributed by atoms with van der Waals surface area (Å²) in [5, 5.41) is 0. The zero-order valence-corrected chi connectivity index (χ0v) is 18.0. The van der Waals surface area contributed by atoms with E-state index in [1.165, 1.54) is 49.2 Å². The zero-order valence-electron chi connectivity index (χ0n) is 16.4. The summed E-state index contributed by atoms with van der Waals surface area (Å²) in [7, 11) is 1.84. The Bertz CT molecular complexity index is 675. The molecule has 0 amide bonds. The van der Waals surface area contributed by atoms with Crippen LogP contribution in [0.25, 0.3) is 0 Å². The van der Waals surface area contributed by atoms with Gasteiger partial charge in [-0.3, -0.25) is 0 Å². The normalized spacial score (nSPS) is 32.8. The second kappa shape index (κ2) is 6.12. The standard InChI is InChI=1S/C22H32OS2/c1-20(2)9-6-10-21(3)16-14-17(22(4)24-11-12-25-22)18(23-5)13-15(16)7-8-19(20)21/h13-14,19H,6-12H2,1-5H3. The third-order valence-corrected chi connectivity index (χ3v) is 10.6. The third-order valence-electron chi connectivity index (χ3n) is 7.30. The molecule has 2 aliphatic carbocycles. The van der Waals surface area contributed by atoms with E-state index in [1.807, 2.05) is 7.11 Å². The minimum atomic E-state index is 0.147. The fraction of sp³-hybridized carbons (Fsp3) is 0.727. The fourth-order valence-corrected chi connectivity index (χ4v) is 8.92. The fourth-order valence-electron chi connectivity index (χ4n) is 6.01. The maximum absolute atomic E-state index is 5.87. The van der Waals surface area contributed by atoms with Crippen LogP contribution in [-0.4, -0.2) is 18.6 Å². The van der Waals surface area contributed by atoms with Crippen LogP contribution in [-0.2, 0) is 15.9 Å². The van der Waals surface area contributed by atoms with Gasteiger partial charge in [-0.05, 0) is 72.6 Å². The van der Waals surface area contributed by atoms with Crippen molar-refractivity contribution in [2.45, 2.75) is 69.3 Å². The van der Waals surface area contributed by atoms with Crippen molar-refractivity contribution in [1.29, 1.82) is 0 Å². The maximum Gasteiger partial charge on any atom is 0.124 e. The van der Waals surface area contributed by atoms with Crippen LogP contribution >= 0.6 is 23.5 Å². The van der Waals surface area contributed by atoms with Crippen LogP contribution in [0.4, 0.5) is 0 Å². The number of aryl methyl sites for hydroxylation is 1. The van der Waals surface area contributed by atoms with Gasteiger partial charge in [-0.15, -0.1) is 23.5 Å². The second-order valence-electron chi connectivity index (χ2n) is 9.20. The maximum atomic E-state index is 5.87. The van der Waals surface area contributed by atoms with Crippen molar-refractivity contribution in [1.82, 2.24) is 0 Å². The average molecular weight is 377 g/mol. The van der Waals surface area contributed by atoms with Crippen LogP contribution in [0, 0.1) is 11.3 Å². The predicted molar refractivity (Wildman–Crippen MR) is 112 cm³/mol. The molecular weight excluding hydrogens is 344 g/mol. The first-order valence-corrected chi connectivity index (χ1v) is 11.8. The number of rotatable bonds is 2. The molecule has 1 saturated heterocycles. The smallest absolute Gasteiger partial charge is 0.124 e. The summed E-state index contributed by atoms with van der Waals surface area (Å²) in [4.78, 5) is 0. The van der Waals surface area contributed by atoms with E-state index in [4.69, 9.17) is 4.74 Å². The lowest BCUT2D eigenvalue weighted by atomic mass is 9.50. The highest BCUT2D eigenvalue weighted by Crippen LogP contribution is 2.60. The van der Waals surface area contributed by atoms with Crippen molar-refractivity contribution < 1.29 is 4.74 Å². The lowest BCUT2D eigenvalue weighted by Crippen LogP contribution is -2.48. The number of benzene rings is 1. The summed E-state index contributed by atoms with van der Waals surface area (Å²) in [5.41, 5.74) is 5.41. The third kappa shape index (κ3) is 2.76. The zero-order chi connectivity index (χ0) is 17.9. The SMILES string of the molecule is COc1cc2c(cc1C1(C)SCCS1)C1(C)CCCC(C)(C)C1CC2. The van der Waals surface area contributed by atoms with Gasteiger partial charge in [0.2, 0.25) is 0 Å². The first-order chi connectivity index (χ1) is 11.8. The molecule has 0 N–H and O–H groups in total. The minimum Gasteiger partial charge on any atom is -0.496 e. The molecule has 0 radical (unpaired) electrons. The van der Waals surface area contributed by atoms with Gasteiger partial charge in [0.15, 0.2) is 0 Å². The van der Waals surface area contributed by atoms with Crippen molar-refractivity contribution in [3.05, 3.63) is 28.8 Å². The molecule has 1 heterocycles. The molecule has 3 heteroatoms. The molecule has 4 rings (SSSR count). The van der Waals surface area contributed by atoms with Crippen LogP contribution in [0.15, 0.2) is 12.1 Å². The highest BCUT2D eigenvalue weighted by atomic mass is 32.2. The van der Waals surface area contributed by atoms with Crippen LogP contribution in [0.5, 0.6) is 5.75 Å². The molecule has 0 aromatic heterocycles. The lowest BCUT2D eigenvalue weighted by Gasteiger charge is -2.54. The Hall–Kier alpha value is -0.280. The van der Waals surface area contributed by atoms with Crippen LogP contribution in [0.1, 0.15) is 70.1 Å². The average Bonchev–Trinajstić information content (AvgIpc) is 3.00. The number of thioether (sulfide) groups is 2. The monoisotopic (exact) mass is 376 g/mol. The first kappa shape index (κ1) is 18.1. The number of fused-ring (bicyclic) bond motifs is 3. The summed E-state index contributed by atoms with van der Waals surface area (Å²) < 4.78 is 6.02. The van der Waals surface area contributed by atoms with E-state index >= 15 is 0 Å². The van der Waals surface area contributed by atoms with Crippen LogP contribution in [0.3, 0.4) is 0 Å². The Morgan fingerprint density at radius 2 is 1.72 bits per heavy atom. The van der Waals surface area contributed by atoms with Crippen molar-refractivity contribution in [2.24, 2.45) is 11.3 Å². The summed E-state index contributed by atoms with van der Waals surface area (Å²) in [6.07, 6.45) is 6.64. The molecule has 2 unspecified atom stereocenters. The van der Waals surface area contributed by atoms with Gasteiger partial charge in [0.05, 0.1) is 11.2 Å². The Kier molecular flexibility index (Phi) is 4.43. The molecule has 1 aromatic carbocycles. The topological polar surface area (TPSA) is 9.23 Å². The van der Waals surface area contributed by atoms with E-state index in [-0.39, 0.29) is 4.08 Å². The predicted octanol–water partition coefficient (Wildman–Crippen LogP) is 6.38. The Balaban J connectivity index is 1.86. The van der Waals surface area contributed by atoms with Crippen LogP contribution < -0.4 is 4.74 Å². The Labute approximate surface area is 162 Å². The highest BCUT2D eigenvalue weighted by molar-refractivity contribution is 8.20. The lowest BCUT2D eigenvalue weighted by molar-refractivity contribution is 0.0406. The van der Waals surface area contributed by atoms with E-state index in [1.54, 1.807) is 11.1 Å². The number of hydrogen-bond donors (Lipinski definition) is 0. The van der Waals surface area contributed by atoms with Crippen molar-refractivity contribution in [3.63, 3.8) is 0 Å². The molecule has 1 saturated carbocycles. The molecule has 138 valence electrons.